The average Bonchev–Trinajstić information content (AvgIpc) is 2.65. The highest BCUT2D eigenvalue weighted by Gasteiger charge is 2.33. The van der Waals surface area contributed by atoms with Crippen molar-refractivity contribution in [3.63, 3.8) is 0 Å². The zero-order valence-electron chi connectivity index (χ0n) is 11.1. The second kappa shape index (κ2) is 5.40. The average molecular weight is 244 g/mol. The molecule has 2 unspecified atom stereocenters. The second-order valence-electron chi connectivity index (χ2n) is 6.02. The van der Waals surface area contributed by atoms with Gasteiger partial charge in [0.25, 0.3) is 0 Å². The largest absolute Gasteiger partial charge is 0.327 e. The van der Waals surface area contributed by atoms with E-state index in [0.717, 1.165) is 5.92 Å². The Morgan fingerprint density at radius 3 is 2.67 bits per heavy atom. The maximum atomic E-state index is 6.60. The SMILES string of the molecule is NC(C1CCCCCC1)C1CCc2cccnc21. The van der Waals surface area contributed by atoms with Gasteiger partial charge >= 0.3 is 0 Å². The van der Waals surface area contributed by atoms with E-state index in [0.29, 0.717) is 12.0 Å². The van der Waals surface area contributed by atoms with Gasteiger partial charge in [0.2, 0.25) is 0 Å². The lowest BCUT2D eigenvalue weighted by atomic mass is 9.83. The molecule has 2 N–H and O–H groups in total. The first-order valence-corrected chi connectivity index (χ1v) is 7.55. The fourth-order valence-electron chi connectivity index (χ4n) is 3.84. The topological polar surface area (TPSA) is 38.9 Å². The Bertz CT molecular complexity index is 394. The first-order chi connectivity index (χ1) is 8.86. The van der Waals surface area contributed by atoms with Gasteiger partial charge in [-0.05, 0) is 43.2 Å². The van der Waals surface area contributed by atoms with Crippen molar-refractivity contribution >= 4 is 0 Å². The van der Waals surface area contributed by atoms with Crippen LogP contribution < -0.4 is 5.73 Å². The molecule has 1 aromatic rings. The van der Waals surface area contributed by atoms with E-state index in [1.807, 2.05) is 6.20 Å². The molecule has 2 aliphatic rings. The molecule has 2 heteroatoms. The minimum Gasteiger partial charge on any atom is -0.327 e. The van der Waals surface area contributed by atoms with Crippen LogP contribution in [0.25, 0.3) is 0 Å². The maximum absolute atomic E-state index is 6.60. The zero-order chi connectivity index (χ0) is 12.4. The Morgan fingerprint density at radius 2 is 1.89 bits per heavy atom. The van der Waals surface area contributed by atoms with Gasteiger partial charge < -0.3 is 5.73 Å². The van der Waals surface area contributed by atoms with E-state index in [9.17, 15) is 0 Å². The summed E-state index contributed by atoms with van der Waals surface area (Å²) in [4.78, 5) is 4.60. The summed E-state index contributed by atoms with van der Waals surface area (Å²) in [5, 5.41) is 0. The highest BCUT2D eigenvalue weighted by Crippen LogP contribution is 2.38. The molecule has 2 atom stereocenters. The Morgan fingerprint density at radius 1 is 1.11 bits per heavy atom. The molecule has 98 valence electrons. The molecule has 1 aromatic heterocycles. The van der Waals surface area contributed by atoms with Crippen LogP contribution in [0, 0.1) is 5.92 Å². The second-order valence-corrected chi connectivity index (χ2v) is 6.02. The smallest absolute Gasteiger partial charge is 0.0482 e. The molecule has 0 aromatic carbocycles. The Balaban J connectivity index is 1.75. The van der Waals surface area contributed by atoms with E-state index in [-0.39, 0.29) is 0 Å². The van der Waals surface area contributed by atoms with Crippen LogP contribution in [0.15, 0.2) is 18.3 Å². The van der Waals surface area contributed by atoms with Crippen LogP contribution in [0.4, 0.5) is 0 Å². The third-order valence-corrected chi connectivity index (χ3v) is 4.91. The van der Waals surface area contributed by atoms with Crippen molar-refractivity contribution in [1.82, 2.24) is 4.98 Å². The van der Waals surface area contributed by atoms with Gasteiger partial charge in [0.15, 0.2) is 0 Å². The van der Waals surface area contributed by atoms with E-state index < -0.39 is 0 Å². The maximum Gasteiger partial charge on any atom is 0.0482 e. The molecular weight excluding hydrogens is 220 g/mol. The molecule has 0 saturated heterocycles. The van der Waals surface area contributed by atoms with E-state index in [4.69, 9.17) is 5.73 Å². The summed E-state index contributed by atoms with van der Waals surface area (Å²) in [6.45, 7) is 0. The summed E-state index contributed by atoms with van der Waals surface area (Å²) in [6, 6.07) is 4.61. The summed E-state index contributed by atoms with van der Waals surface area (Å²) >= 11 is 0. The lowest BCUT2D eigenvalue weighted by Crippen LogP contribution is -2.35. The lowest BCUT2D eigenvalue weighted by molar-refractivity contribution is 0.327. The first kappa shape index (κ1) is 12.2. The molecule has 1 heterocycles. The van der Waals surface area contributed by atoms with Crippen molar-refractivity contribution in [2.24, 2.45) is 11.7 Å². The van der Waals surface area contributed by atoms with E-state index in [2.05, 4.69) is 17.1 Å². The van der Waals surface area contributed by atoms with Crippen molar-refractivity contribution in [2.45, 2.75) is 63.3 Å². The molecule has 2 nitrogen and oxygen atoms in total. The van der Waals surface area contributed by atoms with Gasteiger partial charge in [-0.1, -0.05) is 31.7 Å². The van der Waals surface area contributed by atoms with Crippen molar-refractivity contribution < 1.29 is 0 Å². The van der Waals surface area contributed by atoms with Crippen molar-refractivity contribution in [2.75, 3.05) is 0 Å². The van der Waals surface area contributed by atoms with Crippen LogP contribution in [0.1, 0.15) is 62.1 Å². The van der Waals surface area contributed by atoms with E-state index in [1.165, 1.54) is 62.6 Å². The van der Waals surface area contributed by atoms with Crippen molar-refractivity contribution in [3.05, 3.63) is 29.6 Å². The van der Waals surface area contributed by atoms with Gasteiger partial charge in [0.1, 0.15) is 0 Å². The third-order valence-electron chi connectivity index (χ3n) is 4.91. The van der Waals surface area contributed by atoms with Gasteiger partial charge in [-0.25, -0.2) is 0 Å². The molecule has 0 spiro atoms. The van der Waals surface area contributed by atoms with Gasteiger partial charge in [-0.3, -0.25) is 4.98 Å². The fourth-order valence-corrected chi connectivity index (χ4v) is 3.84. The number of fused-ring (bicyclic) bond motifs is 1. The van der Waals surface area contributed by atoms with E-state index >= 15 is 0 Å². The number of rotatable bonds is 2. The summed E-state index contributed by atoms with van der Waals surface area (Å²) < 4.78 is 0. The predicted octanol–water partition coefficient (Wildman–Crippen LogP) is 3.41. The minimum absolute atomic E-state index is 0.333. The number of hydrogen-bond acceptors (Lipinski definition) is 2. The molecule has 0 aliphatic heterocycles. The molecule has 1 fully saturated rings. The highest BCUT2D eigenvalue weighted by molar-refractivity contribution is 5.30. The molecule has 3 rings (SSSR count). The Hall–Kier alpha value is -0.890. The van der Waals surface area contributed by atoms with Gasteiger partial charge in [0, 0.05) is 23.9 Å². The lowest BCUT2D eigenvalue weighted by Gasteiger charge is -2.27. The summed E-state index contributed by atoms with van der Waals surface area (Å²) in [6.07, 6.45) is 12.5. The normalized spacial score (nSPS) is 26.6. The van der Waals surface area contributed by atoms with E-state index in [1.54, 1.807) is 0 Å². The fraction of sp³-hybridized carbons (Fsp3) is 0.688. The highest BCUT2D eigenvalue weighted by atomic mass is 14.8. The van der Waals surface area contributed by atoms with Crippen molar-refractivity contribution in [1.29, 1.82) is 0 Å². The molecule has 2 aliphatic carbocycles. The van der Waals surface area contributed by atoms with Gasteiger partial charge in [-0.15, -0.1) is 0 Å². The van der Waals surface area contributed by atoms with Crippen LogP contribution in [-0.2, 0) is 6.42 Å². The number of aromatic nitrogens is 1. The molecule has 1 saturated carbocycles. The first-order valence-electron chi connectivity index (χ1n) is 7.55. The standard InChI is InChI=1S/C16H24N2/c17-15(12-6-3-1-2-4-7-12)14-10-9-13-8-5-11-18-16(13)14/h5,8,11-12,14-15H,1-4,6-7,9-10,17H2. The number of nitrogens with two attached hydrogens (primary N) is 1. The Labute approximate surface area is 110 Å². The quantitative estimate of drug-likeness (QED) is 0.810. The molecule has 0 bridgehead atoms. The van der Waals surface area contributed by atoms with Gasteiger partial charge in [0.05, 0.1) is 0 Å². The summed E-state index contributed by atoms with van der Waals surface area (Å²) in [5.74, 6) is 1.25. The molecular formula is C16H24N2. The summed E-state index contributed by atoms with van der Waals surface area (Å²) in [5.41, 5.74) is 9.33. The monoisotopic (exact) mass is 244 g/mol. The molecule has 18 heavy (non-hydrogen) atoms. The van der Waals surface area contributed by atoms with Gasteiger partial charge in [-0.2, -0.15) is 0 Å². The number of hydrogen-bond donors (Lipinski definition) is 1. The van der Waals surface area contributed by atoms with Crippen LogP contribution in [0.5, 0.6) is 0 Å². The zero-order valence-corrected chi connectivity index (χ0v) is 11.1. The predicted molar refractivity (Wildman–Crippen MR) is 74.5 cm³/mol. The summed E-state index contributed by atoms with van der Waals surface area (Å²) in [7, 11) is 0. The van der Waals surface area contributed by atoms with Crippen LogP contribution in [0.3, 0.4) is 0 Å². The van der Waals surface area contributed by atoms with Crippen LogP contribution >= 0.6 is 0 Å². The number of aryl methyl sites for hydroxylation is 1. The molecule has 0 radical (unpaired) electrons. The third kappa shape index (κ3) is 2.31. The van der Waals surface area contributed by atoms with Crippen LogP contribution in [-0.4, -0.2) is 11.0 Å². The van der Waals surface area contributed by atoms with Crippen molar-refractivity contribution in [3.8, 4) is 0 Å². The number of nitrogens with zero attached hydrogens (tertiary/aromatic N) is 1. The molecule has 0 amide bonds. The Kier molecular flexibility index (Phi) is 3.64. The van der Waals surface area contributed by atoms with Crippen LogP contribution in [0.2, 0.25) is 0 Å². The minimum atomic E-state index is 0.333. The number of pyridine rings is 1.